The van der Waals surface area contributed by atoms with Crippen molar-refractivity contribution in [3.05, 3.63) is 48.2 Å². The van der Waals surface area contributed by atoms with Gasteiger partial charge in [-0.1, -0.05) is 17.7 Å². The third-order valence-electron chi connectivity index (χ3n) is 3.95. The first-order valence-corrected chi connectivity index (χ1v) is 8.12. The lowest BCUT2D eigenvalue weighted by molar-refractivity contribution is -0.136. The quantitative estimate of drug-likeness (QED) is 0.842. The van der Waals surface area contributed by atoms with Crippen molar-refractivity contribution in [2.75, 3.05) is 19.7 Å². The van der Waals surface area contributed by atoms with Crippen molar-refractivity contribution < 1.29 is 14.3 Å². The van der Waals surface area contributed by atoms with E-state index < -0.39 is 0 Å². The monoisotopic (exact) mass is 327 g/mol. The van der Waals surface area contributed by atoms with Crippen LogP contribution in [0.2, 0.25) is 0 Å². The summed E-state index contributed by atoms with van der Waals surface area (Å²) < 4.78 is 11.4. The van der Waals surface area contributed by atoms with Crippen LogP contribution >= 0.6 is 0 Å². The molecule has 2 aromatic rings. The highest BCUT2D eigenvalue weighted by Gasteiger charge is 2.25. The van der Waals surface area contributed by atoms with E-state index in [4.69, 9.17) is 9.47 Å². The summed E-state index contributed by atoms with van der Waals surface area (Å²) in [5.41, 5.74) is 1.16. The molecule has 6 heteroatoms. The lowest BCUT2D eigenvalue weighted by Crippen LogP contribution is -2.46. The van der Waals surface area contributed by atoms with Crippen LogP contribution in [0.4, 0.5) is 0 Å². The summed E-state index contributed by atoms with van der Waals surface area (Å²) in [6.07, 6.45) is 3.35. The fraction of sp³-hybridized carbons (Fsp3) is 0.389. The fourth-order valence-corrected chi connectivity index (χ4v) is 2.65. The lowest BCUT2D eigenvalue weighted by Gasteiger charge is -2.32. The van der Waals surface area contributed by atoms with Crippen molar-refractivity contribution in [3.8, 4) is 11.6 Å². The van der Waals surface area contributed by atoms with Gasteiger partial charge in [-0.3, -0.25) is 4.79 Å². The van der Waals surface area contributed by atoms with Crippen molar-refractivity contribution in [3.63, 3.8) is 0 Å². The number of aryl methyl sites for hydroxylation is 1. The lowest BCUT2D eigenvalue weighted by atomic mass is 10.1. The fourth-order valence-electron chi connectivity index (χ4n) is 2.65. The Bertz CT molecular complexity index is 661. The number of ether oxygens (including phenoxy) is 2. The first kappa shape index (κ1) is 16.2. The molecule has 3 rings (SSSR count). The number of aromatic nitrogens is 2. The molecule has 1 atom stereocenters. The van der Waals surface area contributed by atoms with Crippen LogP contribution in [0.15, 0.2) is 42.6 Å². The van der Waals surface area contributed by atoms with E-state index in [9.17, 15) is 4.79 Å². The molecular weight excluding hydrogens is 306 g/mol. The number of hydrogen-bond acceptors (Lipinski definition) is 5. The summed E-state index contributed by atoms with van der Waals surface area (Å²) >= 11 is 0. The standard InChI is InChI=1S/C18H21N3O3/c1-14-6-8-15(9-7-14)23-13-18(22)21-11-3-4-16(12-21)24-17-5-2-10-19-20-17/h2,5-10,16H,3-4,11-13H2,1H3/t16-/m1/s1. The third kappa shape index (κ3) is 4.44. The minimum absolute atomic E-state index is 0.0250. The zero-order chi connectivity index (χ0) is 16.8. The van der Waals surface area contributed by atoms with Crippen LogP contribution < -0.4 is 9.47 Å². The molecule has 0 radical (unpaired) electrons. The summed E-state index contributed by atoms with van der Waals surface area (Å²) in [6, 6.07) is 11.2. The van der Waals surface area contributed by atoms with Crippen LogP contribution in [-0.2, 0) is 4.79 Å². The molecule has 1 aromatic carbocycles. The Labute approximate surface area is 141 Å². The zero-order valence-corrected chi connectivity index (χ0v) is 13.7. The SMILES string of the molecule is Cc1ccc(OCC(=O)N2CCC[C@@H](Oc3cccnn3)C2)cc1. The molecule has 0 spiro atoms. The van der Waals surface area contributed by atoms with Gasteiger partial charge in [-0.2, -0.15) is 5.10 Å². The molecule has 0 aliphatic carbocycles. The van der Waals surface area contributed by atoms with E-state index in [0.29, 0.717) is 18.2 Å². The number of benzene rings is 1. The largest absolute Gasteiger partial charge is 0.484 e. The number of amides is 1. The van der Waals surface area contributed by atoms with E-state index in [2.05, 4.69) is 10.2 Å². The summed E-state index contributed by atoms with van der Waals surface area (Å²) in [4.78, 5) is 14.1. The first-order valence-electron chi connectivity index (χ1n) is 8.12. The van der Waals surface area contributed by atoms with Crippen LogP contribution in [0.3, 0.4) is 0 Å². The first-order chi connectivity index (χ1) is 11.7. The van der Waals surface area contributed by atoms with Crippen molar-refractivity contribution in [1.82, 2.24) is 15.1 Å². The molecule has 2 heterocycles. The molecule has 0 saturated carbocycles. The van der Waals surface area contributed by atoms with Gasteiger partial charge in [-0.15, -0.1) is 5.10 Å². The molecule has 0 unspecified atom stereocenters. The van der Waals surface area contributed by atoms with Gasteiger partial charge in [0.1, 0.15) is 11.9 Å². The number of carbonyl (C=O) groups is 1. The average Bonchev–Trinajstić information content (AvgIpc) is 2.62. The number of likely N-dealkylation sites (tertiary alicyclic amines) is 1. The minimum atomic E-state index is -0.0567. The van der Waals surface area contributed by atoms with Crippen LogP contribution in [0.25, 0.3) is 0 Å². The van der Waals surface area contributed by atoms with Crippen LogP contribution in [0.5, 0.6) is 11.6 Å². The number of piperidine rings is 1. The van der Waals surface area contributed by atoms with E-state index >= 15 is 0 Å². The molecule has 1 saturated heterocycles. The maximum atomic E-state index is 12.4. The second kappa shape index (κ2) is 7.77. The molecule has 1 aliphatic rings. The summed E-state index contributed by atoms with van der Waals surface area (Å²) in [6.45, 7) is 3.34. The van der Waals surface area contributed by atoms with Crippen LogP contribution in [0.1, 0.15) is 18.4 Å². The van der Waals surface area contributed by atoms with Gasteiger partial charge in [0.2, 0.25) is 5.88 Å². The van der Waals surface area contributed by atoms with Crippen molar-refractivity contribution in [2.45, 2.75) is 25.9 Å². The highest BCUT2D eigenvalue weighted by molar-refractivity contribution is 5.77. The Balaban J connectivity index is 1.50. The van der Waals surface area contributed by atoms with Gasteiger partial charge in [0.05, 0.1) is 6.54 Å². The molecule has 6 nitrogen and oxygen atoms in total. The summed E-state index contributed by atoms with van der Waals surface area (Å²) in [7, 11) is 0. The second-order valence-corrected chi connectivity index (χ2v) is 5.89. The van der Waals surface area contributed by atoms with E-state index in [1.165, 1.54) is 0 Å². The highest BCUT2D eigenvalue weighted by Crippen LogP contribution is 2.17. The van der Waals surface area contributed by atoms with Gasteiger partial charge >= 0.3 is 0 Å². The van der Waals surface area contributed by atoms with Crippen molar-refractivity contribution in [1.29, 1.82) is 0 Å². The number of carbonyl (C=O) groups excluding carboxylic acids is 1. The maximum absolute atomic E-state index is 12.4. The topological polar surface area (TPSA) is 64.5 Å². The predicted octanol–water partition coefficient (Wildman–Crippen LogP) is 2.23. The number of rotatable bonds is 5. The second-order valence-electron chi connectivity index (χ2n) is 5.89. The van der Waals surface area contributed by atoms with Gasteiger partial charge in [0.15, 0.2) is 6.61 Å². The minimum Gasteiger partial charge on any atom is -0.484 e. The van der Waals surface area contributed by atoms with Gasteiger partial charge in [0, 0.05) is 18.8 Å². The third-order valence-corrected chi connectivity index (χ3v) is 3.95. The van der Waals surface area contributed by atoms with E-state index in [1.807, 2.05) is 31.2 Å². The number of nitrogens with zero attached hydrogens (tertiary/aromatic N) is 3. The normalized spacial score (nSPS) is 17.4. The maximum Gasteiger partial charge on any atom is 0.260 e. The van der Waals surface area contributed by atoms with E-state index in [-0.39, 0.29) is 18.6 Å². The Kier molecular flexibility index (Phi) is 5.25. The van der Waals surface area contributed by atoms with Crippen molar-refractivity contribution in [2.24, 2.45) is 0 Å². The Morgan fingerprint density at radius 2 is 2.12 bits per heavy atom. The molecule has 0 bridgehead atoms. The van der Waals surface area contributed by atoms with Crippen LogP contribution in [-0.4, -0.2) is 46.8 Å². The summed E-state index contributed by atoms with van der Waals surface area (Å²) in [5.74, 6) is 1.18. The Morgan fingerprint density at radius 1 is 1.29 bits per heavy atom. The molecule has 1 fully saturated rings. The highest BCUT2D eigenvalue weighted by atomic mass is 16.5. The van der Waals surface area contributed by atoms with Gasteiger partial charge in [-0.05, 0) is 38.0 Å². The Morgan fingerprint density at radius 3 is 2.88 bits per heavy atom. The molecular formula is C18H21N3O3. The molecule has 1 aliphatic heterocycles. The molecule has 0 N–H and O–H groups in total. The van der Waals surface area contributed by atoms with Gasteiger partial charge in [0.25, 0.3) is 5.91 Å². The zero-order valence-electron chi connectivity index (χ0n) is 13.7. The van der Waals surface area contributed by atoms with Crippen molar-refractivity contribution >= 4 is 5.91 Å². The average molecular weight is 327 g/mol. The summed E-state index contributed by atoms with van der Waals surface area (Å²) in [5, 5.41) is 7.72. The molecule has 24 heavy (non-hydrogen) atoms. The van der Waals surface area contributed by atoms with E-state index in [0.717, 1.165) is 24.9 Å². The number of hydrogen-bond donors (Lipinski definition) is 0. The molecule has 1 amide bonds. The van der Waals surface area contributed by atoms with Gasteiger partial charge in [-0.25, -0.2) is 0 Å². The smallest absolute Gasteiger partial charge is 0.260 e. The predicted molar refractivity (Wildman–Crippen MR) is 88.9 cm³/mol. The molecule has 1 aromatic heterocycles. The van der Waals surface area contributed by atoms with Gasteiger partial charge < -0.3 is 14.4 Å². The van der Waals surface area contributed by atoms with E-state index in [1.54, 1.807) is 23.2 Å². The Hall–Kier alpha value is -2.63. The molecule has 126 valence electrons. The van der Waals surface area contributed by atoms with Crippen LogP contribution in [0, 0.1) is 6.92 Å².